The lowest BCUT2D eigenvalue weighted by Gasteiger charge is -2.37. The Labute approximate surface area is 119 Å². The maximum absolute atomic E-state index is 12.8. The molecule has 1 aromatic rings. The molecule has 2 N–H and O–H groups in total. The summed E-state index contributed by atoms with van der Waals surface area (Å²) in [6, 6.07) is 1.92. The van der Waals surface area contributed by atoms with Gasteiger partial charge in [0.25, 0.3) is 10.0 Å². The molecule has 1 saturated heterocycles. The van der Waals surface area contributed by atoms with Gasteiger partial charge in [0.15, 0.2) is 0 Å². The number of nitrogens with two attached hydrogens (primary N) is 1. The van der Waals surface area contributed by atoms with Gasteiger partial charge in [-0.15, -0.1) is 11.3 Å². The summed E-state index contributed by atoms with van der Waals surface area (Å²) < 4.78 is 27.7. The first kappa shape index (κ1) is 15.0. The highest BCUT2D eigenvalue weighted by Crippen LogP contribution is 2.33. The zero-order chi connectivity index (χ0) is 14.2. The fourth-order valence-electron chi connectivity index (χ4n) is 2.79. The minimum atomic E-state index is -3.38. The van der Waals surface area contributed by atoms with E-state index in [1.807, 2.05) is 20.8 Å². The topological polar surface area (TPSA) is 63.4 Å². The van der Waals surface area contributed by atoms with Crippen LogP contribution in [0.1, 0.15) is 43.6 Å². The van der Waals surface area contributed by atoms with E-state index in [4.69, 9.17) is 5.73 Å². The second-order valence-electron chi connectivity index (χ2n) is 5.34. The van der Waals surface area contributed by atoms with E-state index >= 15 is 0 Å². The summed E-state index contributed by atoms with van der Waals surface area (Å²) in [6.07, 6.45) is 2.99. The number of aryl methyl sites for hydroxylation is 1. The molecule has 19 heavy (non-hydrogen) atoms. The van der Waals surface area contributed by atoms with Crippen molar-refractivity contribution in [1.29, 1.82) is 0 Å². The molecule has 0 amide bonds. The van der Waals surface area contributed by atoms with Gasteiger partial charge in [0, 0.05) is 23.5 Å². The molecule has 0 aromatic carbocycles. The van der Waals surface area contributed by atoms with E-state index in [9.17, 15) is 8.42 Å². The van der Waals surface area contributed by atoms with Crippen LogP contribution in [0.15, 0.2) is 10.3 Å². The van der Waals surface area contributed by atoms with Gasteiger partial charge in [0.1, 0.15) is 4.21 Å². The van der Waals surface area contributed by atoms with E-state index < -0.39 is 10.0 Å². The van der Waals surface area contributed by atoms with E-state index in [0.29, 0.717) is 10.8 Å². The molecule has 0 saturated carbocycles. The average Bonchev–Trinajstić information content (AvgIpc) is 2.70. The Morgan fingerprint density at radius 1 is 1.37 bits per heavy atom. The van der Waals surface area contributed by atoms with Crippen LogP contribution in [-0.2, 0) is 16.6 Å². The van der Waals surface area contributed by atoms with E-state index in [2.05, 4.69) is 0 Å². The first-order valence-electron chi connectivity index (χ1n) is 6.71. The van der Waals surface area contributed by atoms with Crippen LogP contribution < -0.4 is 5.73 Å². The summed E-state index contributed by atoms with van der Waals surface area (Å²) in [5.74, 6) is 0. The molecule has 2 unspecified atom stereocenters. The zero-order valence-corrected chi connectivity index (χ0v) is 13.4. The highest BCUT2D eigenvalue weighted by Gasteiger charge is 2.36. The summed E-state index contributed by atoms with van der Waals surface area (Å²) >= 11 is 1.31. The second kappa shape index (κ2) is 5.52. The fraction of sp³-hybridized carbons (Fsp3) is 0.692. The lowest BCUT2D eigenvalue weighted by Crippen LogP contribution is -2.47. The lowest BCUT2D eigenvalue weighted by atomic mass is 10.0. The van der Waals surface area contributed by atoms with E-state index in [1.165, 1.54) is 11.3 Å². The van der Waals surface area contributed by atoms with E-state index in [0.717, 1.165) is 29.7 Å². The van der Waals surface area contributed by atoms with Crippen molar-refractivity contribution in [3.8, 4) is 0 Å². The van der Waals surface area contributed by atoms with Crippen molar-refractivity contribution in [3.05, 3.63) is 16.5 Å². The quantitative estimate of drug-likeness (QED) is 0.933. The van der Waals surface area contributed by atoms with Crippen LogP contribution in [0.25, 0.3) is 0 Å². The molecule has 1 aliphatic heterocycles. The number of thiophene rings is 1. The molecular formula is C13H22N2O2S2. The normalized spacial score (nSPS) is 25.7. The first-order chi connectivity index (χ1) is 8.87. The van der Waals surface area contributed by atoms with Crippen LogP contribution >= 0.6 is 11.3 Å². The van der Waals surface area contributed by atoms with E-state index in [-0.39, 0.29) is 12.1 Å². The summed E-state index contributed by atoms with van der Waals surface area (Å²) in [6.45, 7) is 6.31. The van der Waals surface area contributed by atoms with Crippen molar-refractivity contribution in [2.45, 2.75) is 62.9 Å². The Hall–Kier alpha value is -0.430. The molecule has 1 aliphatic rings. The first-order valence-corrected chi connectivity index (χ1v) is 8.96. The van der Waals surface area contributed by atoms with Crippen molar-refractivity contribution in [2.24, 2.45) is 5.73 Å². The molecule has 0 radical (unpaired) electrons. The van der Waals surface area contributed by atoms with Crippen LogP contribution in [0.3, 0.4) is 0 Å². The molecule has 108 valence electrons. The number of sulfonamides is 1. The fourth-order valence-corrected chi connectivity index (χ4v) is 6.25. The number of piperidine rings is 1. The summed E-state index contributed by atoms with van der Waals surface area (Å²) in [4.78, 5) is 0.955. The monoisotopic (exact) mass is 302 g/mol. The number of hydrogen-bond acceptors (Lipinski definition) is 4. The molecule has 2 rings (SSSR count). The molecule has 6 heteroatoms. The third kappa shape index (κ3) is 2.72. The third-order valence-electron chi connectivity index (χ3n) is 3.83. The number of rotatable bonds is 3. The van der Waals surface area contributed by atoms with Crippen molar-refractivity contribution < 1.29 is 8.42 Å². The van der Waals surface area contributed by atoms with Crippen molar-refractivity contribution in [2.75, 3.05) is 0 Å². The van der Waals surface area contributed by atoms with Crippen LogP contribution in [0.2, 0.25) is 0 Å². The number of hydrogen-bond donors (Lipinski definition) is 1. The number of nitrogens with zero attached hydrogens (tertiary/aromatic N) is 1. The average molecular weight is 302 g/mol. The van der Waals surface area contributed by atoms with Gasteiger partial charge >= 0.3 is 0 Å². The lowest BCUT2D eigenvalue weighted by molar-refractivity contribution is 0.204. The summed E-state index contributed by atoms with van der Waals surface area (Å²) in [7, 11) is -3.38. The van der Waals surface area contributed by atoms with Gasteiger partial charge in [-0.2, -0.15) is 4.31 Å². The van der Waals surface area contributed by atoms with Gasteiger partial charge in [-0.05, 0) is 45.2 Å². The largest absolute Gasteiger partial charge is 0.326 e. The summed E-state index contributed by atoms with van der Waals surface area (Å²) in [5, 5.41) is 0. The zero-order valence-electron chi connectivity index (χ0n) is 11.7. The minimum Gasteiger partial charge on any atom is -0.326 e. The second-order valence-corrected chi connectivity index (χ2v) is 8.55. The van der Waals surface area contributed by atoms with Crippen molar-refractivity contribution >= 4 is 21.4 Å². The molecule has 4 nitrogen and oxygen atoms in total. The SMILES string of the molecule is Cc1cc(S(=O)(=O)N2C(C)CCCC2C)sc1CN. The maximum atomic E-state index is 12.8. The highest BCUT2D eigenvalue weighted by molar-refractivity contribution is 7.91. The van der Waals surface area contributed by atoms with E-state index in [1.54, 1.807) is 10.4 Å². The van der Waals surface area contributed by atoms with Gasteiger partial charge in [-0.25, -0.2) is 8.42 Å². The summed E-state index contributed by atoms with van der Waals surface area (Å²) in [5.41, 5.74) is 6.62. The Bertz CT molecular complexity index is 541. The molecule has 2 heterocycles. The van der Waals surface area contributed by atoms with Crippen LogP contribution in [0.4, 0.5) is 0 Å². The molecule has 0 spiro atoms. The minimum absolute atomic E-state index is 0.0810. The van der Waals surface area contributed by atoms with Gasteiger partial charge in [0.05, 0.1) is 0 Å². The van der Waals surface area contributed by atoms with Gasteiger partial charge < -0.3 is 5.73 Å². The third-order valence-corrected chi connectivity index (χ3v) is 7.66. The standard InChI is InChI=1S/C13H22N2O2S2/c1-9-7-13(18-12(9)8-14)19(16,17)15-10(2)5-4-6-11(15)3/h7,10-11H,4-6,8,14H2,1-3H3. The Morgan fingerprint density at radius 3 is 2.42 bits per heavy atom. The Kier molecular flexibility index (Phi) is 4.35. The predicted molar refractivity (Wildman–Crippen MR) is 78.7 cm³/mol. The van der Waals surface area contributed by atoms with Gasteiger partial charge in [0.2, 0.25) is 0 Å². The molecule has 0 aliphatic carbocycles. The van der Waals surface area contributed by atoms with Gasteiger partial charge in [-0.3, -0.25) is 0 Å². The molecule has 1 aromatic heterocycles. The maximum Gasteiger partial charge on any atom is 0.253 e. The molecule has 0 bridgehead atoms. The highest BCUT2D eigenvalue weighted by atomic mass is 32.2. The molecular weight excluding hydrogens is 280 g/mol. The van der Waals surface area contributed by atoms with Crippen LogP contribution in [0, 0.1) is 6.92 Å². The molecule has 1 fully saturated rings. The van der Waals surface area contributed by atoms with Crippen molar-refractivity contribution in [1.82, 2.24) is 4.31 Å². The van der Waals surface area contributed by atoms with Gasteiger partial charge in [-0.1, -0.05) is 6.42 Å². The van der Waals surface area contributed by atoms with Crippen LogP contribution in [0.5, 0.6) is 0 Å². The molecule has 2 atom stereocenters. The Balaban J connectivity index is 2.40. The van der Waals surface area contributed by atoms with Crippen molar-refractivity contribution in [3.63, 3.8) is 0 Å². The Morgan fingerprint density at radius 2 is 1.95 bits per heavy atom. The van der Waals surface area contributed by atoms with Crippen LogP contribution in [-0.4, -0.2) is 24.8 Å². The smallest absolute Gasteiger partial charge is 0.253 e. The predicted octanol–water partition coefficient (Wildman–Crippen LogP) is 2.47.